The third kappa shape index (κ3) is 5.69. The molecule has 3 rings (SSSR count). The molecule has 0 unspecified atom stereocenters. The maximum absolute atomic E-state index is 13.6. The van der Waals surface area contributed by atoms with Crippen molar-refractivity contribution in [1.29, 1.82) is 0 Å². The number of halogens is 4. The van der Waals surface area contributed by atoms with E-state index in [9.17, 15) is 22.4 Å². The molecule has 0 bridgehead atoms. The van der Waals surface area contributed by atoms with Crippen molar-refractivity contribution in [3.63, 3.8) is 0 Å². The molecule has 2 heterocycles. The molecule has 1 aliphatic heterocycles. The molecule has 1 aliphatic rings. The molecule has 1 aromatic heterocycles. The van der Waals surface area contributed by atoms with Gasteiger partial charge in [0.25, 0.3) is 0 Å². The lowest BCUT2D eigenvalue weighted by atomic mass is 10.0. The summed E-state index contributed by atoms with van der Waals surface area (Å²) < 4.78 is 59.2. The van der Waals surface area contributed by atoms with Gasteiger partial charge in [-0.2, -0.15) is 13.2 Å². The van der Waals surface area contributed by atoms with E-state index < -0.39 is 17.6 Å². The summed E-state index contributed by atoms with van der Waals surface area (Å²) in [5.74, 6) is -0.224. The Labute approximate surface area is 172 Å². The van der Waals surface area contributed by atoms with Gasteiger partial charge in [-0.15, -0.1) is 0 Å². The minimum Gasteiger partial charge on any atom is -0.492 e. The summed E-state index contributed by atoms with van der Waals surface area (Å²) in [5, 5.41) is 2.39. The second-order valence-electron chi connectivity index (χ2n) is 7.17. The fraction of sp³-hybridized carbons (Fsp3) is 0.429. The first-order chi connectivity index (χ1) is 14.2. The summed E-state index contributed by atoms with van der Waals surface area (Å²) in [6.45, 7) is 2.60. The van der Waals surface area contributed by atoms with E-state index in [0.29, 0.717) is 31.0 Å². The van der Waals surface area contributed by atoms with Crippen LogP contribution in [0.15, 0.2) is 36.5 Å². The van der Waals surface area contributed by atoms with Gasteiger partial charge in [0, 0.05) is 31.8 Å². The minimum atomic E-state index is -4.54. The van der Waals surface area contributed by atoms with Crippen LogP contribution in [0.3, 0.4) is 0 Å². The highest BCUT2D eigenvalue weighted by atomic mass is 19.4. The number of nitrogens with zero attached hydrogens (tertiary/aromatic N) is 2. The molecule has 0 saturated carbocycles. The second-order valence-corrected chi connectivity index (χ2v) is 7.17. The third-order valence-electron chi connectivity index (χ3n) is 5.01. The number of hydrogen-bond donors (Lipinski definition) is 1. The van der Waals surface area contributed by atoms with Crippen LogP contribution in [0.25, 0.3) is 0 Å². The smallest absolute Gasteiger partial charge is 0.416 e. The molecule has 0 aliphatic carbocycles. The average molecular weight is 425 g/mol. The van der Waals surface area contributed by atoms with E-state index >= 15 is 0 Å². The van der Waals surface area contributed by atoms with E-state index in [0.717, 1.165) is 19.0 Å². The fourth-order valence-electron chi connectivity index (χ4n) is 3.55. The van der Waals surface area contributed by atoms with Gasteiger partial charge in [0.2, 0.25) is 5.91 Å². The molecule has 162 valence electrons. The molecule has 1 N–H and O–H groups in total. The lowest BCUT2D eigenvalue weighted by Gasteiger charge is -2.25. The van der Waals surface area contributed by atoms with E-state index in [-0.39, 0.29) is 24.0 Å². The Balaban J connectivity index is 1.69. The van der Waals surface area contributed by atoms with Gasteiger partial charge in [-0.1, -0.05) is 0 Å². The summed E-state index contributed by atoms with van der Waals surface area (Å²) in [7, 11) is 0. The number of alkyl halides is 3. The Hall–Kier alpha value is -2.68. The van der Waals surface area contributed by atoms with Gasteiger partial charge in [-0.25, -0.2) is 4.39 Å². The van der Waals surface area contributed by atoms with Crippen LogP contribution >= 0.6 is 0 Å². The number of amides is 1. The van der Waals surface area contributed by atoms with Crippen LogP contribution in [-0.2, 0) is 17.5 Å². The zero-order chi connectivity index (χ0) is 21.7. The Bertz CT molecular complexity index is 872. The highest BCUT2D eigenvalue weighted by Crippen LogP contribution is 2.36. The topological polar surface area (TPSA) is 54.5 Å². The molecule has 9 heteroatoms. The van der Waals surface area contributed by atoms with Gasteiger partial charge < -0.3 is 10.1 Å². The first kappa shape index (κ1) is 22.0. The van der Waals surface area contributed by atoms with Gasteiger partial charge in [0.1, 0.15) is 18.2 Å². The second kappa shape index (κ2) is 9.42. The Morgan fingerprint density at radius 1 is 1.30 bits per heavy atom. The molecular formula is C21H23F4N3O2. The van der Waals surface area contributed by atoms with E-state index in [2.05, 4.69) is 10.3 Å². The van der Waals surface area contributed by atoms with Gasteiger partial charge in [-0.3, -0.25) is 14.7 Å². The molecule has 1 aromatic carbocycles. The summed E-state index contributed by atoms with van der Waals surface area (Å²) in [5.41, 5.74) is -0.491. The SMILES string of the molecule is CC(=O)NCc1cnc([C@H]2CCCN2CCOc2ccc(F)cc2)cc1C(F)(F)F. The largest absolute Gasteiger partial charge is 0.492 e. The zero-order valence-corrected chi connectivity index (χ0v) is 16.5. The molecule has 1 saturated heterocycles. The quantitative estimate of drug-likeness (QED) is 0.679. The van der Waals surface area contributed by atoms with Crippen molar-refractivity contribution in [2.24, 2.45) is 0 Å². The Morgan fingerprint density at radius 3 is 2.70 bits per heavy atom. The lowest BCUT2D eigenvalue weighted by molar-refractivity contribution is -0.138. The standard InChI is InChI=1S/C21H23F4N3O2/c1-14(29)26-12-15-13-27-19(11-18(15)21(23,24)25)20-3-2-8-28(20)9-10-30-17-6-4-16(22)5-7-17/h4-7,11,13,20H,2-3,8-10,12H2,1H3,(H,26,29)/t20-/m1/s1. The lowest BCUT2D eigenvalue weighted by Crippen LogP contribution is -2.29. The van der Waals surface area contributed by atoms with Crippen molar-refractivity contribution in [2.75, 3.05) is 19.7 Å². The number of carbonyl (C=O) groups is 1. The minimum absolute atomic E-state index is 0.0642. The van der Waals surface area contributed by atoms with Crippen LogP contribution in [-0.4, -0.2) is 35.5 Å². The van der Waals surface area contributed by atoms with E-state index in [1.54, 1.807) is 0 Å². The molecule has 1 amide bonds. The van der Waals surface area contributed by atoms with Gasteiger partial charge >= 0.3 is 6.18 Å². The molecular weight excluding hydrogens is 402 g/mol. The van der Waals surface area contributed by atoms with Crippen molar-refractivity contribution < 1.29 is 27.1 Å². The summed E-state index contributed by atoms with van der Waals surface area (Å²) in [4.78, 5) is 17.4. The number of pyridine rings is 1. The molecule has 5 nitrogen and oxygen atoms in total. The van der Waals surface area contributed by atoms with E-state index in [1.165, 1.54) is 37.4 Å². The number of ether oxygens (including phenoxy) is 1. The third-order valence-corrected chi connectivity index (χ3v) is 5.01. The first-order valence-corrected chi connectivity index (χ1v) is 9.67. The first-order valence-electron chi connectivity index (χ1n) is 9.67. The van der Waals surface area contributed by atoms with Crippen LogP contribution in [0, 0.1) is 5.82 Å². The van der Waals surface area contributed by atoms with Crippen molar-refractivity contribution in [1.82, 2.24) is 15.2 Å². The Kier molecular flexibility index (Phi) is 6.91. The van der Waals surface area contributed by atoms with Crippen LogP contribution in [0.1, 0.15) is 42.6 Å². The number of rotatable bonds is 7. The monoisotopic (exact) mass is 425 g/mol. The molecule has 1 fully saturated rings. The van der Waals surface area contributed by atoms with Crippen molar-refractivity contribution in [3.8, 4) is 5.75 Å². The molecule has 1 atom stereocenters. The molecule has 0 radical (unpaired) electrons. The average Bonchev–Trinajstić information content (AvgIpc) is 3.15. The van der Waals surface area contributed by atoms with Gasteiger partial charge in [0.05, 0.1) is 17.3 Å². The summed E-state index contributed by atoms with van der Waals surface area (Å²) >= 11 is 0. The maximum Gasteiger partial charge on any atom is 0.416 e. The predicted octanol–water partition coefficient (Wildman–Crippen LogP) is 4.09. The van der Waals surface area contributed by atoms with Crippen molar-refractivity contribution in [3.05, 3.63) is 59.2 Å². The summed E-state index contributed by atoms with van der Waals surface area (Å²) in [6, 6.07) is 6.51. The fourth-order valence-corrected chi connectivity index (χ4v) is 3.55. The number of nitrogens with one attached hydrogen (secondary N) is 1. The highest BCUT2D eigenvalue weighted by molar-refractivity contribution is 5.72. The molecule has 30 heavy (non-hydrogen) atoms. The van der Waals surface area contributed by atoms with Crippen LogP contribution in [0.2, 0.25) is 0 Å². The van der Waals surface area contributed by atoms with E-state index in [1.807, 2.05) is 4.90 Å². The number of likely N-dealkylation sites (tertiary alicyclic amines) is 1. The molecule has 2 aromatic rings. The van der Waals surface area contributed by atoms with Gasteiger partial charge in [0.15, 0.2) is 0 Å². The zero-order valence-electron chi connectivity index (χ0n) is 16.5. The number of carbonyl (C=O) groups excluding carboxylic acids is 1. The van der Waals surface area contributed by atoms with Crippen LogP contribution in [0.5, 0.6) is 5.75 Å². The number of aromatic nitrogens is 1. The highest BCUT2D eigenvalue weighted by Gasteiger charge is 2.36. The van der Waals surface area contributed by atoms with Crippen molar-refractivity contribution in [2.45, 2.75) is 38.5 Å². The Morgan fingerprint density at radius 2 is 2.03 bits per heavy atom. The van der Waals surface area contributed by atoms with Crippen LogP contribution in [0.4, 0.5) is 17.6 Å². The predicted molar refractivity (Wildman–Crippen MR) is 102 cm³/mol. The van der Waals surface area contributed by atoms with Gasteiger partial charge in [-0.05, 0) is 49.7 Å². The number of hydrogen-bond acceptors (Lipinski definition) is 4. The molecule has 0 spiro atoms. The van der Waals surface area contributed by atoms with E-state index in [4.69, 9.17) is 4.74 Å². The van der Waals surface area contributed by atoms with Crippen LogP contribution < -0.4 is 10.1 Å². The number of benzene rings is 1. The normalized spacial score (nSPS) is 17.2. The van der Waals surface area contributed by atoms with Crippen molar-refractivity contribution >= 4 is 5.91 Å². The summed E-state index contributed by atoms with van der Waals surface area (Å²) in [6.07, 6.45) is -1.80. The maximum atomic E-state index is 13.6.